The van der Waals surface area contributed by atoms with Gasteiger partial charge < -0.3 is 4.74 Å². The zero-order valence-electron chi connectivity index (χ0n) is 19.9. The van der Waals surface area contributed by atoms with Gasteiger partial charge in [0.2, 0.25) is 0 Å². The van der Waals surface area contributed by atoms with E-state index in [0.717, 1.165) is 33.4 Å². The lowest BCUT2D eigenvalue weighted by atomic mass is 9.84. The Labute approximate surface area is 195 Å². The highest BCUT2D eigenvalue weighted by atomic mass is 32.2. The van der Waals surface area contributed by atoms with Crippen LogP contribution in [-0.2, 0) is 11.2 Å². The van der Waals surface area contributed by atoms with E-state index >= 15 is 0 Å². The quantitative estimate of drug-likeness (QED) is 0.286. The molecule has 1 heterocycles. The Bertz CT molecular complexity index is 1210. The van der Waals surface area contributed by atoms with E-state index in [1.165, 1.54) is 22.3 Å². The number of fused-ring (bicyclic) bond motifs is 1. The smallest absolute Gasteiger partial charge is 0.174 e. The van der Waals surface area contributed by atoms with Gasteiger partial charge in [0.05, 0.1) is 17.6 Å². The molecule has 0 saturated carbocycles. The van der Waals surface area contributed by atoms with E-state index < -0.39 is 0 Å². The molecular weight excluding hydrogens is 412 g/mol. The molecule has 1 aromatic heterocycles. The number of thioether (sulfide) groups is 1. The largest absolute Gasteiger partial charge is 0.494 e. The molecule has 0 saturated heterocycles. The van der Waals surface area contributed by atoms with Crippen molar-refractivity contribution in [2.75, 3.05) is 6.61 Å². The summed E-state index contributed by atoms with van der Waals surface area (Å²) in [6.45, 7) is 13.9. The molecule has 4 rings (SSSR count). The lowest BCUT2D eigenvalue weighted by Crippen LogP contribution is -2.12. The second-order valence-corrected chi connectivity index (χ2v) is 10.2. The van der Waals surface area contributed by atoms with Gasteiger partial charge in [0, 0.05) is 11.4 Å². The monoisotopic (exact) mass is 444 g/mol. The van der Waals surface area contributed by atoms with E-state index in [9.17, 15) is 0 Å². The maximum absolute atomic E-state index is 5.63. The summed E-state index contributed by atoms with van der Waals surface area (Å²) in [7, 11) is 0. The minimum atomic E-state index is 0.156. The van der Waals surface area contributed by atoms with Crippen LogP contribution in [-0.4, -0.2) is 16.2 Å². The van der Waals surface area contributed by atoms with E-state index in [1.54, 1.807) is 11.8 Å². The molecule has 0 fully saturated rings. The van der Waals surface area contributed by atoms with E-state index in [1.807, 2.05) is 25.1 Å². The molecule has 166 valence electrons. The van der Waals surface area contributed by atoms with Crippen molar-refractivity contribution in [2.24, 2.45) is 0 Å². The summed E-state index contributed by atoms with van der Waals surface area (Å²) in [5.41, 5.74) is 8.88. The number of ether oxygens (including phenoxy) is 1. The minimum absolute atomic E-state index is 0.156. The topological polar surface area (TPSA) is 27.1 Å². The van der Waals surface area contributed by atoms with Crippen LogP contribution in [0.25, 0.3) is 16.7 Å². The van der Waals surface area contributed by atoms with Gasteiger partial charge in [-0.3, -0.25) is 4.57 Å². The van der Waals surface area contributed by atoms with Gasteiger partial charge in [-0.1, -0.05) is 56.8 Å². The fourth-order valence-corrected chi connectivity index (χ4v) is 5.22. The number of aromatic nitrogens is 2. The summed E-state index contributed by atoms with van der Waals surface area (Å²) >= 11 is 1.80. The van der Waals surface area contributed by atoms with Crippen molar-refractivity contribution in [3.05, 3.63) is 82.9 Å². The highest BCUT2D eigenvalue weighted by Gasteiger charge is 2.18. The average Bonchev–Trinajstić information content (AvgIpc) is 3.11. The second-order valence-electron chi connectivity index (χ2n) is 9.27. The van der Waals surface area contributed by atoms with Gasteiger partial charge in [-0.25, -0.2) is 4.98 Å². The summed E-state index contributed by atoms with van der Waals surface area (Å²) in [6.07, 6.45) is 0. The van der Waals surface area contributed by atoms with Crippen LogP contribution >= 0.6 is 11.8 Å². The number of benzene rings is 3. The molecule has 32 heavy (non-hydrogen) atoms. The van der Waals surface area contributed by atoms with Crippen molar-refractivity contribution in [2.45, 2.75) is 57.9 Å². The Kier molecular flexibility index (Phi) is 6.34. The highest BCUT2D eigenvalue weighted by Crippen LogP contribution is 2.34. The number of nitrogens with zero attached hydrogens (tertiary/aromatic N) is 2. The average molecular weight is 445 g/mol. The van der Waals surface area contributed by atoms with Gasteiger partial charge in [-0.05, 0) is 84.8 Å². The van der Waals surface area contributed by atoms with E-state index in [2.05, 4.69) is 81.7 Å². The number of hydrogen-bond acceptors (Lipinski definition) is 3. The van der Waals surface area contributed by atoms with Crippen LogP contribution in [0, 0.1) is 13.8 Å². The summed E-state index contributed by atoms with van der Waals surface area (Å²) < 4.78 is 7.88. The van der Waals surface area contributed by atoms with Gasteiger partial charge in [-0.15, -0.1) is 0 Å². The van der Waals surface area contributed by atoms with Gasteiger partial charge in [0.15, 0.2) is 5.16 Å². The van der Waals surface area contributed by atoms with E-state index in [0.29, 0.717) is 6.61 Å². The molecule has 0 amide bonds. The number of aryl methyl sites for hydroxylation is 2. The Balaban J connectivity index is 1.69. The molecule has 4 heteroatoms. The fourth-order valence-electron chi connectivity index (χ4n) is 4.00. The molecule has 3 aromatic carbocycles. The molecular formula is C28H32N2OS. The summed E-state index contributed by atoms with van der Waals surface area (Å²) in [5, 5.41) is 1.01. The Morgan fingerprint density at radius 3 is 2.22 bits per heavy atom. The summed E-state index contributed by atoms with van der Waals surface area (Å²) in [5.74, 6) is 1.78. The summed E-state index contributed by atoms with van der Waals surface area (Å²) in [6, 6.07) is 21.3. The molecule has 0 radical (unpaired) electrons. The van der Waals surface area contributed by atoms with Gasteiger partial charge in [0.25, 0.3) is 0 Å². The molecule has 4 aromatic rings. The predicted molar refractivity (Wildman–Crippen MR) is 136 cm³/mol. The predicted octanol–water partition coefficient (Wildman–Crippen LogP) is 7.63. The first-order valence-corrected chi connectivity index (χ1v) is 12.2. The SMILES string of the molecule is CCOc1ccc(-n2c(SCc3c(C)cc(C(C)(C)C)cc3C)nc3ccccc32)cc1. The van der Waals surface area contributed by atoms with Crippen LogP contribution in [0.3, 0.4) is 0 Å². The van der Waals surface area contributed by atoms with Crippen LogP contribution in [0.2, 0.25) is 0 Å². The van der Waals surface area contributed by atoms with Crippen molar-refractivity contribution < 1.29 is 4.74 Å². The lowest BCUT2D eigenvalue weighted by Gasteiger charge is -2.22. The fraction of sp³-hybridized carbons (Fsp3) is 0.321. The standard InChI is InChI=1S/C28H32N2OS/c1-7-31-23-14-12-22(13-15-23)30-26-11-9-8-10-25(26)29-27(30)32-18-24-19(2)16-21(17-20(24)3)28(4,5)6/h8-17H,7,18H2,1-6H3. The first kappa shape index (κ1) is 22.5. The number of imidazole rings is 1. The van der Waals surface area contributed by atoms with Crippen molar-refractivity contribution >= 4 is 22.8 Å². The highest BCUT2D eigenvalue weighted by molar-refractivity contribution is 7.98. The van der Waals surface area contributed by atoms with Crippen LogP contribution in [0.4, 0.5) is 0 Å². The van der Waals surface area contributed by atoms with Crippen molar-refractivity contribution in [3.63, 3.8) is 0 Å². The molecule has 0 aliphatic rings. The van der Waals surface area contributed by atoms with Gasteiger partial charge in [-0.2, -0.15) is 0 Å². The van der Waals surface area contributed by atoms with Crippen molar-refractivity contribution in [1.82, 2.24) is 9.55 Å². The van der Waals surface area contributed by atoms with Crippen LogP contribution < -0.4 is 4.74 Å². The third-order valence-electron chi connectivity index (χ3n) is 5.84. The number of rotatable bonds is 6. The van der Waals surface area contributed by atoms with Crippen LogP contribution in [0.15, 0.2) is 65.8 Å². The lowest BCUT2D eigenvalue weighted by molar-refractivity contribution is 0.340. The Morgan fingerprint density at radius 2 is 1.59 bits per heavy atom. The van der Waals surface area contributed by atoms with Gasteiger partial charge in [0.1, 0.15) is 5.75 Å². The molecule has 0 aliphatic carbocycles. The number of hydrogen-bond donors (Lipinski definition) is 0. The molecule has 0 unspecified atom stereocenters. The molecule has 3 nitrogen and oxygen atoms in total. The Morgan fingerprint density at radius 1 is 0.938 bits per heavy atom. The molecule has 0 spiro atoms. The molecule has 0 bridgehead atoms. The minimum Gasteiger partial charge on any atom is -0.494 e. The zero-order valence-corrected chi connectivity index (χ0v) is 20.7. The van der Waals surface area contributed by atoms with E-state index in [-0.39, 0.29) is 5.41 Å². The molecule has 0 aliphatic heterocycles. The van der Waals surface area contributed by atoms with Crippen LogP contribution in [0.5, 0.6) is 5.75 Å². The third kappa shape index (κ3) is 4.56. The molecule has 0 atom stereocenters. The van der Waals surface area contributed by atoms with Crippen molar-refractivity contribution in [1.29, 1.82) is 0 Å². The maximum Gasteiger partial charge on any atom is 0.174 e. The van der Waals surface area contributed by atoms with Crippen molar-refractivity contribution in [3.8, 4) is 11.4 Å². The third-order valence-corrected chi connectivity index (χ3v) is 6.81. The van der Waals surface area contributed by atoms with E-state index in [4.69, 9.17) is 9.72 Å². The van der Waals surface area contributed by atoms with Gasteiger partial charge >= 0.3 is 0 Å². The first-order valence-electron chi connectivity index (χ1n) is 11.2. The zero-order chi connectivity index (χ0) is 22.9. The summed E-state index contributed by atoms with van der Waals surface area (Å²) in [4.78, 5) is 4.97. The van der Waals surface area contributed by atoms with Crippen LogP contribution in [0.1, 0.15) is 49.9 Å². The Hall–Kier alpha value is -2.72. The maximum atomic E-state index is 5.63. The molecule has 0 N–H and O–H groups in total. The first-order chi connectivity index (χ1) is 15.3. The normalized spacial score (nSPS) is 11.8. The second kappa shape index (κ2) is 9.03. The number of para-hydroxylation sites is 2.